The highest BCUT2D eigenvalue weighted by atomic mass is 16.3. The van der Waals surface area contributed by atoms with Crippen molar-refractivity contribution in [2.75, 3.05) is 5.32 Å². The lowest BCUT2D eigenvalue weighted by atomic mass is 10.0. The van der Waals surface area contributed by atoms with Gasteiger partial charge in [-0.3, -0.25) is 4.79 Å². The smallest absolute Gasteiger partial charge is 0.224 e. The summed E-state index contributed by atoms with van der Waals surface area (Å²) >= 11 is 0. The number of anilines is 1. The molecule has 1 amide bonds. The fraction of sp³-hybridized carbons (Fsp3) is 0.235. The third-order valence-electron chi connectivity index (χ3n) is 3.74. The number of carbonyl (C=O) groups excluding carboxylic acids is 1. The van der Waals surface area contributed by atoms with Gasteiger partial charge in [0.2, 0.25) is 5.91 Å². The summed E-state index contributed by atoms with van der Waals surface area (Å²) in [5, 5.41) is 21.1. The predicted molar refractivity (Wildman–Crippen MR) is 85.1 cm³/mol. The Hall–Kier alpha value is -2.69. The average molecular weight is 295 g/mol. The first-order valence-electron chi connectivity index (χ1n) is 7.17. The molecule has 1 aliphatic heterocycles. The summed E-state index contributed by atoms with van der Waals surface area (Å²) in [4.78, 5) is 11.3. The van der Waals surface area contributed by atoms with E-state index in [1.165, 1.54) is 0 Å². The number of nitrogens with zero attached hydrogens (tertiary/aromatic N) is 2. The fourth-order valence-corrected chi connectivity index (χ4v) is 2.54. The van der Waals surface area contributed by atoms with Crippen molar-refractivity contribution in [3.63, 3.8) is 0 Å². The van der Waals surface area contributed by atoms with E-state index in [9.17, 15) is 9.90 Å². The maximum atomic E-state index is 11.3. The zero-order valence-corrected chi connectivity index (χ0v) is 12.6. The second-order valence-electron chi connectivity index (χ2n) is 5.52. The van der Waals surface area contributed by atoms with Crippen LogP contribution in [0.4, 0.5) is 17.1 Å². The molecule has 22 heavy (non-hydrogen) atoms. The van der Waals surface area contributed by atoms with Gasteiger partial charge >= 0.3 is 0 Å². The molecule has 1 aliphatic rings. The van der Waals surface area contributed by atoms with Gasteiger partial charge in [0.1, 0.15) is 5.75 Å². The van der Waals surface area contributed by atoms with E-state index in [1.54, 1.807) is 12.1 Å². The highest BCUT2D eigenvalue weighted by Gasteiger charge is 2.14. The van der Waals surface area contributed by atoms with Gasteiger partial charge in [-0.05, 0) is 67.3 Å². The lowest BCUT2D eigenvalue weighted by molar-refractivity contribution is -0.116. The zero-order valence-electron chi connectivity index (χ0n) is 12.6. The Morgan fingerprint density at radius 2 is 1.68 bits per heavy atom. The molecule has 0 fully saturated rings. The number of benzene rings is 2. The molecule has 0 aromatic heterocycles. The molecule has 0 bridgehead atoms. The van der Waals surface area contributed by atoms with Crippen LogP contribution in [-0.2, 0) is 11.2 Å². The van der Waals surface area contributed by atoms with E-state index >= 15 is 0 Å². The van der Waals surface area contributed by atoms with Gasteiger partial charge in [0, 0.05) is 12.1 Å². The van der Waals surface area contributed by atoms with Gasteiger partial charge in [0.15, 0.2) is 0 Å². The molecule has 0 saturated heterocycles. The topological polar surface area (TPSA) is 74.0 Å². The van der Waals surface area contributed by atoms with E-state index in [2.05, 4.69) is 15.5 Å². The number of rotatable bonds is 2. The number of phenols is 1. The van der Waals surface area contributed by atoms with Crippen molar-refractivity contribution in [1.82, 2.24) is 0 Å². The van der Waals surface area contributed by atoms with E-state index in [0.29, 0.717) is 17.9 Å². The SMILES string of the molecule is Cc1cc(/N=N/c2ccc3c(c2)CCC(=O)N3)cc(C)c1O. The highest BCUT2D eigenvalue weighted by Crippen LogP contribution is 2.30. The molecule has 0 spiro atoms. The van der Waals surface area contributed by atoms with Gasteiger partial charge in [-0.2, -0.15) is 10.2 Å². The molecule has 112 valence electrons. The van der Waals surface area contributed by atoms with Gasteiger partial charge in [0.25, 0.3) is 0 Å². The lowest BCUT2D eigenvalue weighted by Crippen LogP contribution is -2.18. The number of aryl methyl sites for hydroxylation is 3. The Kier molecular flexibility index (Phi) is 3.63. The maximum Gasteiger partial charge on any atom is 0.224 e. The molecule has 0 unspecified atom stereocenters. The minimum absolute atomic E-state index is 0.0527. The minimum Gasteiger partial charge on any atom is -0.507 e. The van der Waals surface area contributed by atoms with Crippen LogP contribution in [0, 0.1) is 13.8 Å². The summed E-state index contributed by atoms with van der Waals surface area (Å²) in [7, 11) is 0. The number of hydrogen-bond donors (Lipinski definition) is 2. The monoisotopic (exact) mass is 295 g/mol. The largest absolute Gasteiger partial charge is 0.507 e. The van der Waals surface area contributed by atoms with Crippen LogP contribution in [0.5, 0.6) is 5.75 Å². The predicted octanol–water partition coefficient (Wildman–Crippen LogP) is 4.31. The molecule has 5 heteroatoms. The fourth-order valence-electron chi connectivity index (χ4n) is 2.54. The Balaban J connectivity index is 1.86. The van der Waals surface area contributed by atoms with Gasteiger partial charge in [-0.25, -0.2) is 0 Å². The first kappa shape index (κ1) is 14.3. The molecule has 1 heterocycles. The molecule has 3 rings (SSSR count). The summed E-state index contributed by atoms with van der Waals surface area (Å²) in [6.45, 7) is 3.67. The Labute approximate surface area is 128 Å². The lowest BCUT2D eigenvalue weighted by Gasteiger charge is -2.16. The Bertz CT molecular complexity index is 758. The van der Waals surface area contributed by atoms with Crippen LogP contribution in [0.3, 0.4) is 0 Å². The van der Waals surface area contributed by atoms with E-state index in [4.69, 9.17) is 0 Å². The van der Waals surface area contributed by atoms with Crippen molar-refractivity contribution >= 4 is 23.0 Å². The third-order valence-corrected chi connectivity index (χ3v) is 3.74. The van der Waals surface area contributed by atoms with E-state index in [-0.39, 0.29) is 5.91 Å². The van der Waals surface area contributed by atoms with Crippen LogP contribution in [-0.4, -0.2) is 11.0 Å². The van der Waals surface area contributed by atoms with Crippen LogP contribution < -0.4 is 5.32 Å². The van der Waals surface area contributed by atoms with Crippen molar-refractivity contribution in [3.05, 3.63) is 47.0 Å². The van der Waals surface area contributed by atoms with E-state index in [0.717, 1.165) is 34.5 Å². The first-order valence-corrected chi connectivity index (χ1v) is 7.17. The summed E-state index contributed by atoms with van der Waals surface area (Å²) in [5.41, 5.74) is 4.95. The average Bonchev–Trinajstić information content (AvgIpc) is 2.50. The number of phenolic OH excluding ortho intramolecular Hbond substituents is 1. The highest BCUT2D eigenvalue weighted by molar-refractivity contribution is 5.94. The summed E-state index contributed by atoms with van der Waals surface area (Å²) in [6, 6.07) is 9.22. The van der Waals surface area contributed by atoms with Gasteiger partial charge in [0.05, 0.1) is 11.4 Å². The van der Waals surface area contributed by atoms with Crippen molar-refractivity contribution in [1.29, 1.82) is 0 Å². The van der Waals surface area contributed by atoms with Gasteiger partial charge in [-0.1, -0.05) is 0 Å². The summed E-state index contributed by atoms with van der Waals surface area (Å²) in [6.07, 6.45) is 1.23. The Morgan fingerprint density at radius 1 is 1.00 bits per heavy atom. The van der Waals surface area contributed by atoms with Crippen molar-refractivity contribution in [3.8, 4) is 5.75 Å². The number of nitrogens with one attached hydrogen (secondary N) is 1. The molecule has 0 radical (unpaired) electrons. The minimum atomic E-state index is 0.0527. The standard InChI is InChI=1S/C17H17N3O2/c1-10-7-14(8-11(2)17(10)22)20-19-13-4-5-15-12(9-13)3-6-16(21)18-15/h4-5,7-9,22H,3,6H2,1-2H3,(H,18,21)/b20-19+. The molecular weight excluding hydrogens is 278 g/mol. The third kappa shape index (κ3) is 2.83. The van der Waals surface area contributed by atoms with E-state index in [1.807, 2.05) is 32.0 Å². The molecule has 5 nitrogen and oxygen atoms in total. The molecular formula is C17H17N3O2. The van der Waals surface area contributed by atoms with Crippen molar-refractivity contribution in [2.24, 2.45) is 10.2 Å². The zero-order chi connectivity index (χ0) is 15.7. The molecule has 2 aromatic carbocycles. The van der Waals surface area contributed by atoms with Crippen LogP contribution >= 0.6 is 0 Å². The van der Waals surface area contributed by atoms with Gasteiger partial charge in [-0.15, -0.1) is 0 Å². The van der Waals surface area contributed by atoms with Crippen LogP contribution in [0.15, 0.2) is 40.6 Å². The maximum absolute atomic E-state index is 11.3. The molecule has 0 atom stereocenters. The number of amides is 1. The second-order valence-corrected chi connectivity index (χ2v) is 5.52. The van der Waals surface area contributed by atoms with Crippen LogP contribution in [0.2, 0.25) is 0 Å². The normalized spacial score (nSPS) is 14.0. The molecule has 2 aromatic rings. The number of fused-ring (bicyclic) bond motifs is 1. The molecule has 0 aliphatic carbocycles. The quantitative estimate of drug-likeness (QED) is 0.810. The number of hydrogen-bond acceptors (Lipinski definition) is 4. The van der Waals surface area contributed by atoms with E-state index < -0.39 is 0 Å². The summed E-state index contributed by atoms with van der Waals surface area (Å²) < 4.78 is 0. The summed E-state index contributed by atoms with van der Waals surface area (Å²) in [5.74, 6) is 0.348. The number of carbonyl (C=O) groups is 1. The second kappa shape index (κ2) is 5.60. The number of azo groups is 1. The molecule has 0 saturated carbocycles. The first-order chi connectivity index (χ1) is 10.5. The molecule has 2 N–H and O–H groups in total. The number of aromatic hydroxyl groups is 1. The van der Waals surface area contributed by atoms with Gasteiger partial charge < -0.3 is 10.4 Å². The Morgan fingerprint density at radius 3 is 2.41 bits per heavy atom. The van der Waals surface area contributed by atoms with Crippen LogP contribution in [0.1, 0.15) is 23.1 Å². The van der Waals surface area contributed by atoms with Crippen molar-refractivity contribution in [2.45, 2.75) is 26.7 Å². The van der Waals surface area contributed by atoms with Crippen molar-refractivity contribution < 1.29 is 9.90 Å². The van der Waals surface area contributed by atoms with Crippen LogP contribution in [0.25, 0.3) is 0 Å².